The highest BCUT2D eigenvalue weighted by atomic mass is 16.3. The van der Waals surface area contributed by atoms with Crippen LogP contribution >= 0.6 is 0 Å². The third kappa shape index (κ3) is 1.41. The lowest BCUT2D eigenvalue weighted by Gasteiger charge is -2.03. The second-order valence-electron chi connectivity index (χ2n) is 4.00. The van der Waals surface area contributed by atoms with Crippen molar-refractivity contribution in [3.8, 4) is 11.1 Å². The van der Waals surface area contributed by atoms with Crippen molar-refractivity contribution in [2.24, 2.45) is 0 Å². The highest BCUT2D eigenvalue weighted by molar-refractivity contribution is 5.93. The molecule has 2 aromatic carbocycles. The van der Waals surface area contributed by atoms with Gasteiger partial charge in [-0.2, -0.15) is 0 Å². The highest BCUT2D eigenvalue weighted by Crippen LogP contribution is 2.29. The van der Waals surface area contributed by atoms with Gasteiger partial charge in [0.25, 0.3) is 0 Å². The van der Waals surface area contributed by atoms with Gasteiger partial charge in [-0.3, -0.25) is 0 Å². The van der Waals surface area contributed by atoms with Gasteiger partial charge in [0.15, 0.2) is 0 Å². The molecule has 3 rings (SSSR count). The van der Waals surface area contributed by atoms with E-state index in [1.165, 1.54) is 22.1 Å². The molecule has 0 fully saturated rings. The van der Waals surface area contributed by atoms with Crippen molar-refractivity contribution in [1.82, 2.24) is 0 Å². The average molecular weight is 208 g/mol. The largest absolute Gasteiger partial charge is 0.464 e. The molecule has 0 spiro atoms. The zero-order valence-corrected chi connectivity index (χ0v) is 9.10. The van der Waals surface area contributed by atoms with Crippen molar-refractivity contribution in [2.75, 3.05) is 0 Å². The Bertz CT molecular complexity index is 617. The summed E-state index contributed by atoms with van der Waals surface area (Å²) in [4.78, 5) is 0. The first-order valence-electron chi connectivity index (χ1n) is 5.38. The van der Waals surface area contributed by atoms with Crippen LogP contribution in [0.5, 0.6) is 0 Å². The van der Waals surface area contributed by atoms with Crippen LogP contribution in [0, 0.1) is 6.92 Å². The maximum atomic E-state index is 5.40. The minimum Gasteiger partial charge on any atom is -0.464 e. The Morgan fingerprint density at radius 1 is 0.875 bits per heavy atom. The van der Waals surface area contributed by atoms with Crippen LogP contribution in [0.1, 0.15) is 5.56 Å². The smallest absolute Gasteiger partial charge is 0.134 e. The van der Waals surface area contributed by atoms with E-state index in [2.05, 4.69) is 37.3 Å². The van der Waals surface area contributed by atoms with Crippen LogP contribution < -0.4 is 0 Å². The van der Waals surface area contributed by atoms with Crippen LogP contribution in [0.15, 0.2) is 59.2 Å². The Labute approximate surface area is 94.3 Å². The molecule has 0 aliphatic heterocycles. The maximum Gasteiger partial charge on any atom is 0.134 e. The predicted molar refractivity (Wildman–Crippen MR) is 66.4 cm³/mol. The summed E-state index contributed by atoms with van der Waals surface area (Å²) in [7, 11) is 0. The van der Waals surface area contributed by atoms with Crippen molar-refractivity contribution in [1.29, 1.82) is 0 Å². The molecule has 1 nitrogen and oxygen atoms in total. The van der Waals surface area contributed by atoms with Crippen LogP contribution in [-0.4, -0.2) is 0 Å². The van der Waals surface area contributed by atoms with E-state index in [-0.39, 0.29) is 0 Å². The first-order chi connectivity index (χ1) is 7.84. The monoisotopic (exact) mass is 208 g/mol. The number of benzene rings is 2. The molecule has 1 heteroatoms. The summed E-state index contributed by atoms with van der Waals surface area (Å²) in [5.74, 6) is 0. The minimum atomic E-state index is 0.943. The molecule has 1 aromatic heterocycles. The first kappa shape index (κ1) is 9.22. The fraction of sp³-hybridized carbons (Fsp3) is 0.0667. The lowest BCUT2D eigenvalue weighted by molar-refractivity contribution is 0.616. The molecule has 0 aliphatic carbocycles. The number of fused-ring (bicyclic) bond motifs is 1. The molecular weight excluding hydrogens is 196 g/mol. The van der Waals surface area contributed by atoms with E-state index in [9.17, 15) is 0 Å². The normalized spacial score (nSPS) is 10.8. The van der Waals surface area contributed by atoms with E-state index in [4.69, 9.17) is 4.42 Å². The fourth-order valence-electron chi connectivity index (χ4n) is 1.98. The molecule has 1 heterocycles. The molecule has 0 aliphatic rings. The molecule has 0 radical (unpaired) electrons. The van der Waals surface area contributed by atoms with Gasteiger partial charge in [-0.25, -0.2) is 0 Å². The summed E-state index contributed by atoms with van der Waals surface area (Å²) >= 11 is 0. The van der Waals surface area contributed by atoms with Gasteiger partial charge in [0.1, 0.15) is 5.58 Å². The van der Waals surface area contributed by atoms with Crippen LogP contribution in [-0.2, 0) is 0 Å². The van der Waals surface area contributed by atoms with Gasteiger partial charge >= 0.3 is 0 Å². The molecule has 3 aromatic rings. The summed E-state index contributed by atoms with van der Waals surface area (Å²) < 4.78 is 5.40. The van der Waals surface area contributed by atoms with Gasteiger partial charge in [-0.05, 0) is 30.2 Å². The average Bonchev–Trinajstić information content (AvgIpc) is 2.78. The van der Waals surface area contributed by atoms with Gasteiger partial charge < -0.3 is 4.42 Å². The number of hydrogen-bond donors (Lipinski definition) is 0. The highest BCUT2D eigenvalue weighted by Gasteiger charge is 2.04. The standard InChI is InChI=1S/C15H12O/c1-11-5-7-12(8-6-11)13-3-2-4-15-14(13)9-10-16-15/h2-10H,1H3. The van der Waals surface area contributed by atoms with Gasteiger partial charge in [-0.15, -0.1) is 0 Å². The minimum absolute atomic E-state index is 0.943. The van der Waals surface area contributed by atoms with Crippen molar-refractivity contribution >= 4 is 11.0 Å². The Morgan fingerprint density at radius 3 is 2.50 bits per heavy atom. The SMILES string of the molecule is Cc1ccc(-c2cccc3occc23)cc1. The fourth-order valence-corrected chi connectivity index (χ4v) is 1.98. The van der Waals surface area contributed by atoms with Gasteiger partial charge in [-0.1, -0.05) is 42.0 Å². The molecule has 16 heavy (non-hydrogen) atoms. The zero-order valence-electron chi connectivity index (χ0n) is 9.10. The van der Waals surface area contributed by atoms with Crippen molar-refractivity contribution in [3.05, 3.63) is 60.4 Å². The summed E-state index contributed by atoms with van der Waals surface area (Å²) in [6.45, 7) is 2.10. The van der Waals surface area contributed by atoms with Gasteiger partial charge in [0.2, 0.25) is 0 Å². The maximum absolute atomic E-state index is 5.40. The molecule has 0 atom stereocenters. The third-order valence-electron chi connectivity index (χ3n) is 2.86. The summed E-state index contributed by atoms with van der Waals surface area (Å²) in [6.07, 6.45) is 1.74. The van der Waals surface area contributed by atoms with Crippen molar-refractivity contribution < 1.29 is 4.42 Å². The van der Waals surface area contributed by atoms with E-state index in [1.54, 1.807) is 6.26 Å². The molecule has 0 saturated carbocycles. The van der Waals surface area contributed by atoms with E-state index in [0.29, 0.717) is 0 Å². The number of furan rings is 1. The molecule has 0 saturated heterocycles. The second-order valence-corrected chi connectivity index (χ2v) is 4.00. The Morgan fingerprint density at radius 2 is 1.69 bits per heavy atom. The van der Waals surface area contributed by atoms with Crippen LogP contribution in [0.2, 0.25) is 0 Å². The predicted octanol–water partition coefficient (Wildman–Crippen LogP) is 4.41. The Hall–Kier alpha value is -2.02. The number of aryl methyl sites for hydroxylation is 1. The first-order valence-corrected chi connectivity index (χ1v) is 5.38. The Balaban J connectivity index is 2.25. The van der Waals surface area contributed by atoms with E-state index < -0.39 is 0 Å². The topological polar surface area (TPSA) is 13.1 Å². The van der Waals surface area contributed by atoms with E-state index in [0.717, 1.165) is 5.58 Å². The van der Waals surface area contributed by atoms with Crippen LogP contribution in [0.3, 0.4) is 0 Å². The second kappa shape index (κ2) is 3.53. The number of rotatable bonds is 1. The quantitative estimate of drug-likeness (QED) is 0.577. The summed E-state index contributed by atoms with van der Waals surface area (Å²) in [5, 5.41) is 1.17. The lowest BCUT2D eigenvalue weighted by Crippen LogP contribution is -1.79. The van der Waals surface area contributed by atoms with E-state index >= 15 is 0 Å². The summed E-state index contributed by atoms with van der Waals surface area (Å²) in [6, 6.07) is 16.7. The van der Waals surface area contributed by atoms with Crippen molar-refractivity contribution in [3.63, 3.8) is 0 Å². The molecule has 0 unspecified atom stereocenters. The van der Waals surface area contributed by atoms with Gasteiger partial charge in [0.05, 0.1) is 6.26 Å². The molecule has 0 N–H and O–H groups in total. The van der Waals surface area contributed by atoms with Gasteiger partial charge in [0, 0.05) is 5.39 Å². The Kier molecular flexibility index (Phi) is 2.03. The molecule has 0 bridgehead atoms. The molecule has 78 valence electrons. The van der Waals surface area contributed by atoms with Crippen LogP contribution in [0.4, 0.5) is 0 Å². The molecule has 0 amide bonds. The third-order valence-corrected chi connectivity index (χ3v) is 2.86. The summed E-state index contributed by atoms with van der Waals surface area (Å²) in [5.41, 5.74) is 4.69. The van der Waals surface area contributed by atoms with Crippen LogP contribution in [0.25, 0.3) is 22.1 Å². The number of hydrogen-bond acceptors (Lipinski definition) is 1. The molecular formula is C15H12O. The van der Waals surface area contributed by atoms with E-state index in [1.807, 2.05) is 18.2 Å². The zero-order chi connectivity index (χ0) is 11.0. The van der Waals surface area contributed by atoms with Crippen molar-refractivity contribution in [2.45, 2.75) is 6.92 Å². The lowest BCUT2D eigenvalue weighted by atomic mass is 10.0.